The summed E-state index contributed by atoms with van der Waals surface area (Å²) in [5.74, 6) is -4.71. The molecule has 3 atom stereocenters. The number of pyridine rings is 5. The van der Waals surface area contributed by atoms with Gasteiger partial charge in [-0.05, 0) is 177 Å². The van der Waals surface area contributed by atoms with Crippen molar-refractivity contribution in [3.05, 3.63) is 167 Å². The quantitative estimate of drug-likeness (QED) is 0.0864. The molecule has 8 rings (SSSR count). The first kappa shape index (κ1) is 72.1. The molecule has 0 spiro atoms. The van der Waals surface area contributed by atoms with E-state index in [1.165, 1.54) is 50.4 Å². The van der Waals surface area contributed by atoms with Crippen LogP contribution in [0, 0.1) is 40.4 Å². The highest BCUT2D eigenvalue weighted by Gasteiger charge is 2.52. The largest absolute Gasteiger partial charge is 0.495 e. The minimum Gasteiger partial charge on any atom is -0.446 e. The Labute approximate surface area is 518 Å². The van der Waals surface area contributed by atoms with Crippen molar-refractivity contribution in [3.63, 3.8) is 0 Å². The maximum atomic E-state index is 13.4. The van der Waals surface area contributed by atoms with Crippen molar-refractivity contribution >= 4 is 116 Å². The molecule has 7 heterocycles. The Bertz CT molecular complexity index is 3260. The molecule has 0 saturated carbocycles. The lowest BCUT2D eigenvalue weighted by molar-refractivity contribution is -0.147. The molecule has 460 valence electrons. The fraction of sp³-hybridized carbons (Fsp3) is 0.375. The van der Waals surface area contributed by atoms with Gasteiger partial charge in [0.25, 0.3) is 5.91 Å². The lowest BCUT2D eigenvalue weighted by Gasteiger charge is -2.32. The minimum atomic E-state index is -4.49. The van der Waals surface area contributed by atoms with E-state index in [2.05, 4.69) is 47.4 Å². The van der Waals surface area contributed by atoms with Crippen LogP contribution >= 0.6 is 73.9 Å². The van der Waals surface area contributed by atoms with Crippen molar-refractivity contribution in [1.82, 2.24) is 24.9 Å². The number of benzene rings is 1. The third-order valence-corrected chi connectivity index (χ3v) is 14.4. The summed E-state index contributed by atoms with van der Waals surface area (Å²) in [7, 11) is 1.02. The zero-order valence-corrected chi connectivity index (χ0v) is 52.8. The fourth-order valence-corrected chi connectivity index (χ4v) is 9.43. The number of nitrogens with zero attached hydrogens (tertiary/aromatic N) is 7. The number of halogens is 16. The zero-order valence-electron chi connectivity index (χ0n) is 47.4. The van der Waals surface area contributed by atoms with Crippen molar-refractivity contribution in [3.8, 4) is 0 Å². The average Bonchev–Trinajstić information content (AvgIpc) is 2.08. The third-order valence-electron chi connectivity index (χ3n) is 12.9. The number of amides is 2. The van der Waals surface area contributed by atoms with E-state index in [4.69, 9.17) is 72.1 Å². The second kappa shape index (κ2) is 29.1. The number of anilines is 2. The highest BCUT2D eigenvalue weighted by atomic mass is 79.9. The fourth-order valence-electron chi connectivity index (χ4n) is 7.56. The van der Waals surface area contributed by atoms with Gasteiger partial charge in [-0.1, -0.05) is 80.5 Å². The number of aryl methyl sites for hydroxylation is 5. The standard InChI is InChI=1S/C20H18ClF4N3O3.C12H17BClNO2.C9H9ClF3N.C9H7ClF3N.C6H5BrClN/c1-10-6-12(11(2)20(23,24)25)7-17(26-10)28-16(9-31-19(28)30)18(29)27(3)13-4-5-15(22)14(21)8-13;1-8-6-9(7-10(14)15-8)13-16-11(2,3)12(4,5)17-13;2*1-5-3-7(4-8(10)14-5)6(2)9(11,12)13;1-4-2-5(7)3-6(8)9-4/h4-8,11,16H,9H2,1-3H3;6-7H,1-5H3;3-4,6H,1-2H3;3-4H,2H2,1H3;2-3H,1H3/t11?,16-;;;;/m0..../s1. The van der Waals surface area contributed by atoms with Crippen LogP contribution in [0.2, 0.25) is 25.6 Å². The number of likely N-dealkylation sites (N-methyl/N-ethyl adjacent to an activating group) is 1. The Balaban J connectivity index is 0.000000244. The van der Waals surface area contributed by atoms with Crippen molar-refractivity contribution in [2.24, 2.45) is 0 Å². The molecule has 0 N–H and O–H groups in total. The maximum absolute atomic E-state index is 13.4. The number of carbonyl (C=O) groups is 2. The summed E-state index contributed by atoms with van der Waals surface area (Å²) < 4.78 is 145. The summed E-state index contributed by atoms with van der Waals surface area (Å²) in [5, 5.41) is 0.928. The topological polar surface area (TPSA) is 133 Å². The lowest BCUT2D eigenvalue weighted by atomic mass is 9.79. The van der Waals surface area contributed by atoms with E-state index in [9.17, 15) is 53.5 Å². The molecule has 6 aromatic rings. The monoisotopic (exact) mass is 1360 g/mol. The Hall–Kier alpha value is -5.34. The molecule has 29 heteroatoms. The van der Waals surface area contributed by atoms with Gasteiger partial charge in [-0.2, -0.15) is 39.5 Å². The van der Waals surface area contributed by atoms with Gasteiger partial charge in [-0.25, -0.2) is 39.0 Å². The van der Waals surface area contributed by atoms with E-state index >= 15 is 0 Å². The summed E-state index contributed by atoms with van der Waals surface area (Å²) >= 11 is 31.7. The third kappa shape index (κ3) is 20.6. The molecule has 5 aromatic heterocycles. The minimum absolute atomic E-state index is 0.0328. The second-order valence-electron chi connectivity index (χ2n) is 20.2. The molecule has 2 aliphatic heterocycles. The number of cyclic esters (lactones) is 1. The van der Waals surface area contributed by atoms with Crippen LogP contribution in [-0.2, 0) is 18.8 Å². The van der Waals surface area contributed by atoms with Gasteiger partial charge in [0.2, 0.25) is 0 Å². The number of alkyl halides is 9. The molecular weight excluding hydrogens is 1310 g/mol. The molecule has 85 heavy (non-hydrogen) atoms. The normalized spacial score (nSPS) is 16.0. The number of aromatic nitrogens is 5. The van der Waals surface area contributed by atoms with Crippen LogP contribution in [0.5, 0.6) is 0 Å². The summed E-state index contributed by atoms with van der Waals surface area (Å²) in [6.07, 6.45) is -14.1. The number of rotatable bonds is 7. The predicted octanol–water partition coefficient (Wildman–Crippen LogP) is 17.3. The molecule has 0 bridgehead atoms. The Morgan fingerprint density at radius 3 is 1.56 bits per heavy atom. The first-order valence-corrected chi connectivity index (χ1v) is 27.7. The van der Waals surface area contributed by atoms with Gasteiger partial charge in [0.05, 0.1) is 33.6 Å². The van der Waals surface area contributed by atoms with Gasteiger partial charge < -0.3 is 18.9 Å². The molecule has 2 unspecified atom stereocenters. The van der Waals surface area contributed by atoms with Gasteiger partial charge in [0.15, 0.2) is 6.04 Å². The predicted molar refractivity (Wildman–Crippen MR) is 315 cm³/mol. The molecule has 2 fully saturated rings. The van der Waals surface area contributed by atoms with E-state index in [0.29, 0.717) is 21.7 Å². The molecule has 0 radical (unpaired) electrons. The summed E-state index contributed by atoms with van der Waals surface area (Å²) in [6, 6.07) is 17.3. The molecule has 2 aliphatic rings. The Morgan fingerprint density at radius 1 is 0.671 bits per heavy atom. The highest BCUT2D eigenvalue weighted by Crippen LogP contribution is 2.39. The number of carbonyl (C=O) groups excluding carboxylic acids is 2. The molecule has 1 aromatic carbocycles. The van der Waals surface area contributed by atoms with Crippen molar-refractivity contribution in [1.29, 1.82) is 0 Å². The molecule has 12 nitrogen and oxygen atoms in total. The SMILES string of the molecule is C=C(c1cc(C)nc(Cl)c1)C(F)(F)F.Cc1cc(B2OC(C)(C)C(C)(C)O2)cc(Cl)n1.Cc1cc(Br)cc(Cl)n1.Cc1cc(C(C)C(F)(F)F)cc(Cl)n1.Cc1cc(C(C)C(F)(F)F)cc(N2C(=O)OC[C@H]2C(=O)N(C)c2ccc(F)c(Cl)c2)n1. The summed E-state index contributed by atoms with van der Waals surface area (Å²) in [4.78, 5) is 47.2. The van der Waals surface area contributed by atoms with Crippen LogP contribution in [0.1, 0.15) is 98.5 Å². The van der Waals surface area contributed by atoms with Crippen molar-refractivity contribution in [2.45, 2.75) is 124 Å². The molecule has 2 amide bonds. The highest BCUT2D eigenvalue weighted by molar-refractivity contribution is 9.10. The zero-order chi connectivity index (χ0) is 64.6. The first-order chi connectivity index (χ1) is 38.9. The summed E-state index contributed by atoms with van der Waals surface area (Å²) in [6.45, 7) is 21.3. The molecule has 0 aliphatic carbocycles. The van der Waals surface area contributed by atoms with Crippen LogP contribution in [0.3, 0.4) is 0 Å². The molecular formula is C56H56BBrCl5F10N7O5. The summed E-state index contributed by atoms with van der Waals surface area (Å²) in [5.41, 5.74) is 2.56. The molecule has 2 saturated heterocycles. The maximum Gasteiger partial charge on any atom is 0.495 e. The van der Waals surface area contributed by atoms with Gasteiger partial charge in [-0.3, -0.25) is 4.79 Å². The van der Waals surface area contributed by atoms with E-state index in [-0.39, 0.29) is 74.1 Å². The lowest BCUT2D eigenvalue weighted by Crippen LogP contribution is -2.47. The van der Waals surface area contributed by atoms with Crippen LogP contribution in [0.25, 0.3) is 5.57 Å². The Morgan fingerprint density at radius 2 is 1.12 bits per heavy atom. The van der Waals surface area contributed by atoms with Gasteiger partial charge >= 0.3 is 31.7 Å². The van der Waals surface area contributed by atoms with E-state index in [1.807, 2.05) is 53.7 Å². The number of allylic oxidation sites excluding steroid dienone is 1. The van der Waals surface area contributed by atoms with Crippen LogP contribution in [0.4, 0.5) is 60.2 Å². The first-order valence-electron chi connectivity index (χ1n) is 25.1. The number of hydrogen-bond acceptors (Lipinski definition) is 10. The van der Waals surface area contributed by atoms with E-state index in [0.717, 1.165) is 63.2 Å². The Kier molecular flexibility index (Phi) is 24.7. The average molecular weight is 1370 g/mol. The number of hydrogen-bond donors (Lipinski definition) is 0. The van der Waals surface area contributed by atoms with Gasteiger partial charge in [0, 0.05) is 45.7 Å². The van der Waals surface area contributed by atoms with Crippen LogP contribution in [-0.4, -0.2) is 93.5 Å². The van der Waals surface area contributed by atoms with Crippen LogP contribution < -0.4 is 15.3 Å². The van der Waals surface area contributed by atoms with Crippen molar-refractivity contribution in [2.75, 3.05) is 23.5 Å². The van der Waals surface area contributed by atoms with E-state index < -0.39 is 59.8 Å². The van der Waals surface area contributed by atoms with E-state index in [1.54, 1.807) is 26.0 Å². The van der Waals surface area contributed by atoms with Crippen molar-refractivity contribution < 1.29 is 67.5 Å². The van der Waals surface area contributed by atoms with Gasteiger partial charge in [-0.15, -0.1) is 0 Å². The number of ether oxygens (including phenoxy) is 1. The second-order valence-corrected chi connectivity index (χ2v) is 23.1. The van der Waals surface area contributed by atoms with Crippen LogP contribution in [0.15, 0.2) is 89.9 Å². The smallest absolute Gasteiger partial charge is 0.446 e. The van der Waals surface area contributed by atoms with Gasteiger partial charge in [0.1, 0.15) is 38.9 Å².